The van der Waals surface area contributed by atoms with Gasteiger partial charge in [0.25, 0.3) is 0 Å². The molecule has 0 saturated carbocycles. The highest BCUT2D eigenvalue weighted by Crippen LogP contribution is 2.40. The fourth-order valence-electron chi connectivity index (χ4n) is 4.02. The number of pyridine rings is 1. The number of carbonyl (C=O) groups is 1. The molecule has 0 fully saturated rings. The van der Waals surface area contributed by atoms with Crippen LogP contribution in [0.3, 0.4) is 0 Å². The minimum Gasteiger partial charge on any atom is -0.289 e. The van der Waals surface area contributed by atoms with Gasteiger partial charge in [-0.3, -0.25) is 4.79 Å². The molecule has 3 aromatic carbocycles. The second-order valence-electron chi connectivity index (χ2n) is 7.01. The van der Waals surface area contributed by atoms with Crippen LogP contribution in [0.25, 0.3) is 33.3 Å². The van der Waals surface area contributed by atoms with E-state index in [0.29, 0.717) is 0 Å². The van der Waals surface area contributed by atoms with E-state index in [4.69, 9.17) is 4.98 Å². The molecular formula is C24H17NO. The smallest absolute Gasteiger partial charge is 0.194 e. The number of fused-ring (bicyclic) bond motifs is 2. The molecule has 4 aromatic rings. The lowest BCUT2D eigenvalue weighted by atomic mass is 9.83. The number of ketones is 1. The predicted molar refractivity (Wildman–Crippen MR) is 106 cm³/mol. The highest BCUT2D eigenvalue weighted by atomic mass is 16.1. The standard InChI is InChI=1S/C24H17NO/c1-14-10-15(2)12-16(11-14)22-13-20-23-18(8-5-9-21(23)25-22)17-6-3-4-7-19(17)24(20)26/h3-13H,1-2H3. The summed E-state index contributed by atoms with van der Waals surface area (Å²) in [7, 11) is 0. The maximum atomic E-state index is 13.2. The zero-order valence-corrected chi connectivity index (χ0v) is 14.7. The van der Waals surface area contributed by atoms with Crippen LogP contribution >= 0.6 is 0 Å². The Bertz CT molecular complexity index is 1200. The van der Waals surface area contributed by atoms with Crippen molar-refractivity contribution in [1.82, 2.24) is 4.98 Å². The van der Waals surface area contributed by atoms with E-state index in [-0.39, 0.29) is 5.78 Å². The summed E-state index contributed by atoms with van der Waals surface area (Å²) in [4.78, 5) is 18.1. The molecule has 0 saturated heterocycles. The first-order chi connectivity index (χ1) is 12.6. The van der Waals surface area contributed by atoms with Crippen LogP contribution in [0, 0.1) is 13.8 Å². The number of hydrogen-bond acceptors (Lipinski definition) is 2. The van der Waals surface area contributed by atoms with Gasteiger partial charge in [-0.2, -0.15) is 0 Å². The van der Waals surface area contributed by atoms with Crippen LogP contribution in [0.2, 0.25) is 0 Å². The van der Waals surface area contributed by atoms with Crippen LogP contribution in [-0.2, 0) is 0 Å². The second-order valence-corrected chi connectivity index (χ2v) is 7.01. The van der Waals surface area contributed by atoms with Gasteiger partial charge < -0.3 is 0 Å². The van der Waals surface area contributed by atoms with Crippen LogP contribution in [-0.4, -0.2) is 10.8 Å². The van der Waals surface area contributed by atoms with Crippen molar-refractivity contribution in [2.24, 2.45) is 0 Å². The van der Waals surface area contributed by atoms with Crippen molar-refractivity contribution < 1.29 is 4.79 Å². The summed E-state index contributed by atoms with van der Waals surface area (Å²) in [6.07, 6.45) is 0. The van der Waals surface area contributed by atoms with Gasteiger partial charge >= 0.3 is 0 Å². The minimum absolute atomic E-state index is 0.0809. The van der Waals surface area contributed by atoms with Crippen molar-refractivity contribution in [3.8, 4) is 22.4 Å². The average Bonchev–Trinajstić information content (AvgIpc) is 2.64. The summed E-state index contributed by atoms with van der Waals surface area (Å²) >= 11 is 0. The first kappa shape index (κ1) is 15.0. The second kappa shape index (κ2) is 5.37. The summed E-state index contributed by atoms with van der Waals surface area (Å²) in [6.45, 7) is 4.17. The van der Waals surface area contributed by atoms with Gasteiger partial charge in [-0.1, -0.05) is 53.6 Å². The summed E-state index contributed by atoms with van der Waals surface area (Å²) < 4.78 is 0. The summed E-state index contributed by atoms with van der Waals surface area (Å²) in [5.74, 6) is 0.0809. The number of aryl methyl sites for hydroxylation is 2. The number of benzene rings is 3. The van der Waals surface area contributed by atoms with E-state index in [0.717, 1.165) is 44.4 Å². The normalized spacial score (nSPS) is 12.3. The average molecular weight is 335 g/mol. The molecule has 5 rings (SSSR count). The Labute approximate surface area is 152 Å². The molecular weight excluding hydrogens is 318 g/mol. The SMILES string of the molecule is Cc1cc(C)cc(-c2cc3c4c(cccc4n2)-c2ccccc2C3=O)c1. The van der Waals surface area contributed by atoms with E-state index in [1.165, 1.54) is 11.1 Å². The molecule has 1 aliphatic rings. The zero-order valence-electron chi connectivity index (χ0n) is 14.7. The van der Waals surface area contributed by atoms with Crippen molar-refractivity contribution in [3.05, 3.63) is 89.0 Å². The van der Waals surface area contributed by atoms with E-state index < -0.39 is 0 Å². The van der Waals surface area contributed by atoms with Crippen LogP contribution in [0.1, 0.15) is 27.0 Å². The topological polar surface area (TPSA) is 30.0 Å². The molecule has 0 amide bonds. The van der Waals surface area contributed by atoms with Crippen molar-refractivity contribution in [1.29, 1.82) is 0 Å². The highest BCUT2D eigenvalue weighted by Gasteiger charge is 2.26. The van der Waals surface area contributed by atoms with Gasteiger partial charge in [-0.15, -0.1) is 0 Å². The molecule has 0 N–H and O–H groups in total. The summed E-state index contributed by atoms with van der Waals surface area (Å²) in [6, 6.07) is 22.3. The Morgan fingerprint density at radius 3 is 2.15 bits per heavy atom. The number of rotatable bonds is 1. The number of nitrogens with zero attached hydrogens (tertiary/aromatic N) is 1. The molecule has 0 radical (unpaired) electrons. The fraction of sp³-hybridized carbons (Fsp3) is 0.0833. The molecule has 0 aliphatic heterocycles. The van der Waals surface area contributed by atoms with Gasteiger partial charge in [0.05, 0.1) is 11.2 Å². The number of carbonyl (C=O) groups excluding carboxylic acids is 1. The maximum absolute atomic E-state index is 13.2. The lowest BCUT2D eigenvalue weighted by Crippen LogP contribution is -2.10. The summed E-state index contributed by atoms with van der Waals surface area (Å²) in [5.41, 5.74) is 8.77. The Morgan fingerprint density at radius 2 is 1.38 bits per heavy atom. The number of hydrogen-bond donors (Lipinski definition) is 0. The third-order valence-electron chi connectivity index (χ3n) is 5.06. The third-order valence-corrected chi connectivity index (χ3v) is 5.06. The van der Waals surface area contributed by atoms with E-state index >= 15 is 0 Å². The first-order valence-corrected chi connectivity index (χ1v) is 8.78. The Balaban J connectivity index is 1.86. The quantitative estimate of drug-likeness (QED) is 0.391. The van der Waals surface area contributed by atoms with Crippen molar-refractivity contribution in [2.45, 2.75) is 13.8 Å². The maximum Gasteiger partial charge on any atom is 0.194 e. The molecule has 26 heavy (non-hydrogen) atoms. The van der Waals surface area contributed by atoms with Crippen LogP contribution in [0.15, 0.2) is 66.7 Å². The zero-order chi connectivity index (χ0) is 17.8. The monoisotopic (exact) mass is 335 g/mol. The van der Waals surface area contributed by atoms with Gasteiger partial charge in [0, 0.05) is 22.1 Å². The number of aromatic nitrogens is 1. The van der Waals surface area contributed by atoms with Crippen LogP contribution in [0.5, 0.6) is 0 Å². The molecule has 0 spiro atoms. The van der Waals surface area contributed by atoms with Crippen molar-refractivity contribution >= 4 is 16.7 Å². The molecule has 2 nitrogen and oxygen atoms in total. The third kappa shape index (κ3) is 2.12. The van der Waals surface area contributed by atoms with E-state index in [1.807, 2.05) is 42.5 Å². The molecule has 1 aliphatic carbocycles. The molecule has 1 aromatic heterocycles. The lowest BCUT2D eigenvalue weighted by molar-refractivity contribution is 0.104. The van der Waals surface area contributed by atoms with Crippen LogP contribution < -0.4 is 0 Å². The largest absolute Gasteiger partial charge is 0.289 e. The fourth-order valence-corrected chi connectivity index (χ4v) is 4.02. The molecule has 2 heteroatoms. The van der Waals surface area contributed by atoms with Gasteiger partial charge in [-0.05, 0) is 49.2 Å². The Hall–Kier alpha value is -3.26. The molecule has 124 valence electrons. The van der Waals surface area contributed by atoms with E-state index in [9.17, 15) is 4.79 Å². The minimum atomic E-state index is 0.0809. The van der Waals surface area contributed by atoms with E-state index in [1.54, 1.807) is 0 Å². The lowest BCUT2D eigenvalue weighted by Gasteiger charge is -2.20. The van der Waals surface area contributed by atoms with Gasteiger partial charge in [-0.25, -0.2) is 4.98 Å². The van der Waals surface area contributed by atoms with Gasteiger partial charge in [0.2, 0.25) is 0 Å². The van der Waals surface area contributed by atoms with Gasteiger partial charge in [0.1, 0.15) is 0 Å². The molecule has 0 bridgehead atoms. The Kier molecular flexibility index (Phi) is 3.10. The molecule has 0 atom stereocenters. The van der Waals surface area contributed by atoms with Crippen molar-refractivity contribution in [3.63, 3.8) is 0 Å². The molecule has 1 heterocycles. The highest BCUT2D eigenvalue weighted by molar-refractivity contribution is 6.25. The van der Waals surface area contributed by atoms with Gasteiger partial charge in [0.15, 0.2) is 5.78 Å². The van der Waals surface area contributed by atoms with Crippen LogP contribution in [0.4, 0.5) is 0 Å². The van der Waals surface area contributed by atoms with Crippen molar-refractivity contribution in [2.75, 3.05) is 0 Å². The first-order valence-electron chi connectivity index (χ1n) is 8.78. The predicted octanol–water partition coefficient (Wildman–Crippen LogP) is 5.73. The molecule has 0 unspecified atom stereocenters. The van der Waals surface area contributed by atoms with E-state index in [2.05, 4.69) is 38.1 Å². The summed E-state index contributed by atoms with van der Waals surface area (Å²) in [5, 5.41) is 0.962. The Morgan fingerprint density at radius 1 is 0.692 bits per heavy atom.